The standard InChI is InChI=1S/C21H26ClN5O2/c1-13(28)25-15-6-4-5-14(9-15)21(29)26-20-10-16(18(22)12-23-20)17-11-24-27-8-3-2-7-19(17)27/h10-12,14-15H,2-9H2,1H3,(H,25,28)(H,23,26,29)/t14-,15-/m1/s1. The van der Waals surface area contributed by atoms with Crippen LogP contribution in [0.2, 0.25) is 5.02 Å². The Morgan fingerprint density at radius 3 is 2.86 bits per heavy atom. The number of nitrogens with zero attached hydrogens (tertiary/aromatic N) is 3. The molecule has 2 aromatic heterocycles. The highest BCUT2D eigenvalue weighted by molar-refractivity contribution is 6.33. The van der Waals surface area contributed by atoms with Gasteiger partial charge in [0.2, 0.25) is 11.8 Å². The largest absolute Gasteiger partial charge is 0.354 e. The Kier molecular flexibility index (Phi) is 5.85. The molecule has 2 N–H and O–H groups in total. The van der Waals surface area contributed by atoms with Crippen LogP contribution in [-0.4, -0.2) is 32.6 Å². The van der Waals surface area contributed by atoms with Gasteiger partial charge in [-0.2, -0.15) is 5.10 Å². The number of carbonyl (C=O) groups is 2. The Morgan fingerprint density at radius 2 is 2.03 bits per heavy atom. The van der Waals surface area contributed by atoms with Crippen molar-refractivity contribution >= 4 is 29.2 Å². The number of nitrogens with one attached hydrogen (secondary N) is 2. The highest BCUT2D eigenvalue weighted by Gasteiger charge is 2.28. The van der Waals surface area contributed by atoms with E-state index in [1.807, 2.05) is 16.9 Å². The molecule has 1 fully saturated rings. The zero-order valence-electron chi connectivity index (χ0n) is 16.6. The molecule has 3 heterocycles. The highest BCUT2D eigenvalue weighted by Crippen LogP contribution is 2.34. The van der Waals surface area contributed by atoms with Crippen LogP contribution >= 0.6 is 11.6 Å². The van der Waals surface area contributed by atoms with Crippen LogP contribution in [-0.2, 0) is 22.6 Å². The van der Waals surface area contributed by atoms with Gasteiger partial charge in [0.15, 0.2) is 0 Å². The van der Waals surface area contributed by atoms with Crippen molar-refractivity contribution in [3.63, 3.8) is 0 Å². The van der Waals surface area contributed by atoms with E-state index in [4.69, 9.17) is 11.6 Å². The molecule has 4 rings (SSSR count). The lowest BCUT2D eigenvalue weighted by molar-refractivity contribution is -0.123. The summed E-state index contributed by atoms with van der Waals surface area (Å²) in [4.78, 5) is 28.4. The van der Waals surface area contributed by atoms with E-state index in [9.17, 15) is 9.59 Å². The van der Waals surface area contributed by atoms with E-state index in [1.165, 1.54) is 12.6 Å². The molecule has 0 saturated heterocycles. The molecule has 29 heavy (non-hydrogen) atoms. The maximum absolute atomic E-state index is 12.8. The lowest BCUT2D eigenvalue weighted by Crippen LogP contribution is -2.40. The van der Waals surface area contributed by atoms with Crippen LogP contribution in [0.1, 0.15) is 51.1 Å². The Hall–Kier alpha value is -2.41. The minimum atomic E-state index is -0.134. The molecule has 1 aliphatic heterocycles. The highest BCUT2D eigenvalue weighted by atomic mass is 35.5. The smallest absolute Gasteiger partial charge is 0.228 e. The van der Waals surface area contributed by atoms with Gasteiger partial charge in [-0.05, 0) is 44.6 Å². The molecule has 0 bridgehead atoms. The molecule has 0 aromatic carbocycles. The molecule has 8 heteroatoms. The van der Waals surface area contributed by atoms with Crippen molar-refractivity contribution in [2.75, 3.05) is 5.32 Å². The second-order valence-electron chi connectivity index (χ2n) is 7.98. The predicted octanol–water partition coefficient (Wildman–Crippen LogP) is 3.57. The second-order valence-corrected chi connectivity index (χ2v) is 8.39. The lowest BCUT2D eigenvalue weighted by Gasteiger charge is -2.28. The van der Waals surface area contributed by atoms with Gasteiger partial charge in [0, 0.05) is 48.4 Å². The number of fused-ring (bicyclic) bond motifs is 1. The van der Waals surface area contributed by atoms with Crippen molar-refractivity contribution in [3.05, 3.63) is 29.2 Å². The van der Waals surface area contributed by atoms with E-state index in [2.05, 4.69) is 20.7 Å². The van der Waals surface area contributed by atoms with E-state index in [-0.39, 0.29) is 23.8 Å². The summed E-state index contributed by atoms with van der Waals surface area (Å²) in [7, 11) is 0. The first-order valence-electron chi connectivity index (χ1n) is 10.3. The number of hydrogen-bond donors (Lipinski definition) is 2. The van der Waals surface area contributed by atoms with Gasteiger partial charge >= 0.3 is 0 Å². The Morgan fingerprint density at radius 1 is 1.17 bits per heavy atom. The fraction of sp³-hybridized carbons (Fsp3) is 0.524. The topological polar surface area (TPSA) is 88.9 Å². The predicted molar refractivity (Wildman–Crippen MR) is 112 cm³/mol. The minimum Gasteiger partial charge on any atom is -0.354 e. The van der Waals surface area contributed by atoms with Crippen molar-refractivity contribution in [2.45, 2.75) is 64.5 Å². The van der Waals surface area contributed by atoms with Crippen LogP contribution in [0.5, 0.6) is 0 Å². The van der Waals surface area contributed by atoms with Crippen molar-refractivity contribution in [3.8, 4) is 11.1 Å². The first-order valence-corrected chi connectivity index (χ1v) is 10.7. The maximum Gasteiger partial charge on any atom is 0.228 e. The minimum absolute atomic E-state index is 0.0513. The van der Waals surface area contributed by atoms with Crippen molar-refractivity contribution < 1.29 is 9.59 Å². The molecule has 2 amide bonds. The molecule has 0 unspecified atom stereocenters. The maximum atomic E-state index is 12.8. The van der Waals surface area contributed by atoms with Gasteiger partial charge in [0.1, 0.15) is 5.82 Å². The molecular formula is C21H26ClN5O2. The van der Waals surface area contributed by atoms with Gasteiger partial charge in [-0.25, -0.2) is 4.98 Å². The van der Waals surface area contributed by atoms with Gasteiger partial charge in [-0.3, -0.25) is 14.3 Å². The number of carbonyl (C=O) groups excluding carboxylic acids is 2. The number of aromatic nitrogens is 3. The fourth-order valence-corrected chi connectivity index (χ4v) is 4.64. The SMILES string of the molecule is CC(=O)N[C@@H]1CCC[C@@H](C(=O)Nc2cc(-c3cnn4c3CCCC4)c(Cl)cn2)C1. The lowest BCUT2D eigenvalue weighted by atomic mass is 9.85. The van der Waals surface area contributed by atoms with Gasteiger partial charge in [-0.1, -0.05) is 18.0 Å². The van der Waals surface area contributed by atoms with Crippen molar-refractivity contribution in [1.82, 2.24) is 20.1 Å². The van der Waals surface area contributed by atoms with Gasteiger partial charge < -0.3 is 10.6 Å². The fourth-order valence-electron chi connectivity index (χ4n) is 4.43. The summed E-state index contributed by atoms with van der Waals surface area (Å²) in [6, 6.07) is 1.89. The monoisotopic (exact) mass is 415 g/mol. The number of pyridine rings is 1. The Labute approximate surface area is 175 Å². The number of hydrogen-bond acceptors (Lipinski definition) is 4. The van der Waals surface area contributed by atoms with E-state index in [1.54, 1.807) is 6.20 Å². The third-order valence-electron chi connectivity index (χ3n) is 5.83. The third-order valence-corrected chi connectivity index (χ3v) is 6.13. The van der Waals surface area contributed by atoms with Crippen LogP contribution in [0.4, 0.5) is 5.82 Å². The molecule has 7 nitrogen and oxygen atoms in total. The summed E-state index contributed by atoms with van der Waals surface area (Å²) in [6.07, 6.45) is 10.0. The zero-order chi connectivity index (χ0) is 20.4. The molecule has 2 aromatic rings. The molecule has 0 spiro atoms. The number of halogens is 1. The van der Waals surface area contributed by atoms with E-state index >= 15 is 0 Å². The van der Waals surface area contributed by atoms with Crippen LogP contribution in [0.15, 0.2) is 18.5 Å². The number of amides is 2. The molecule has 1 saturated carbocycles. The van der Waals surface area contributed by atoms with Crippen molar-refractivity contribution in [1.29, 1.82) is 0 Å². The Bertz CT molecular complexity index is 926. The first-order chi connectivity index (χ1) is 14.0. The van der Waals surface area contributed by atoms with E-state index in [0.717, 1.165) is 56.2 Å². The van der Waals surface area contributed by atoms with Gasteiger partial charge in [0.05, 0.1) is 11.2 Å². The summed E-state index contributed by atoms with van der Waals surface area (Å²) in [5, 5.41) is 10.9. The summed E-state index contributed by atoms with van der Waals surface area (Å²) in [6.45, 7) is 2.44. The number of anilines is 1. The quantitative estimate of drug-likeness (QED) is 0.798. The second kappa shape index (κ2) is 8.53. The molecule has 0 radical (unpaired) electrons. The number of aryl methyl sites for hydroxylation is 1. The van der Waals surface area contributed by atoms with Crippen LogP contribution in [0.3, 0.4) is 0 Å². The molecular weight excluding hydrogens is 390 g/mol. The summed E-state index contributed by atoms with van der Waals surface area (Å²) in [5.74, 6) is 0.250. The molecule has 154 valence electrons. The average molecular weight is 416 g/mol. The molecule has 1 aliphatic carbocycles. The normalized spacial score (nSPS) is 21.3. The van der Waals surface area contributed by atoms with Gasteiger partial charge in [-0.15, -0.1) is 0 Å². The first kappa shape index (κ1) is 19.9. The van der Waals surface area contributed by atoms with Gasteiger partial charge in [0.25, 0.3) is 0 Å². The summed E-state index contributed by atoms with van der Waals surface area (Å²) in [5.41, 5.74) is 3.04. The third kappa shape index (κ3) is 4.45. The van der Waals surface area contributed by atoms with Crippen LogP contribution in [0.25, 0.3) is 11.1 Å². The molecule has 2 atom stereocenters. The Balaban J connectivity index is 1.50. The zero-order valence-corrected chi connectivity index (χ0v) is 17.3. The molecule has 2 aliphatic rings. The summed E-state index contributed by atoms with van der Waals surface area (Å²) < 4.78 is 2.04. The average Bonchev–Trinajstić information content (AvgIpc) is 3.13. The van der Waals surface area contributed by atoms with Crippen molar-refractivity contribution in [2.24, 2.45) is 5.92 Å². The van der Waals surface area contributed by atoms with E-state index in [0.29, 0.717) is 17.3 Å². The summed E-state index contributed by atoms with van der Waals surface area (Å²) >= 11 is 6.43. The van der Waals surface area contributed by atoms with E-state index < -0.39 is 0 Å². The van der Waals surface area contributed by atoms with Crippen LogP contribution in [0, 0.1) is 5.92 Å². The number of rotatable bonds is 4. The van der Waals surface area contributed by atoms with Crippen LogP contribution < -0.4 is 10.6 Å².